The van der Waals surface area contributed by atoms with E-state index < -0.39 is 0 Å². The van der Waals surface area contributed by atoms with Gasteiger partial charge in [-0.3, -0.25) is 0 Å². The minimum absolute atomic E-state index is 0.0863. The van der Waals surface area contributed by atoms with Crippen LogP contribution in [0.1, 0.15) is 45.4 Å². The number of hydrogen-bond donors (Lipinski definition) is 2. The highest BCUT2D eigenvalue weighted by Gasteiger charge is 2.33. The number of aliphatic hydroxyl groups is 1. The highest BCUT2D eigenvalue weighted by atomic mass is 16.5. The summed E-state index contributed by atoms with van der Waals surface area (Å²) in [5, 5.41) is 13.2. The first-order valence-corrected chi connectivity index (χ1v) is 7.21. The molecule has 0 aromatic carbocycles. The van der Waals surface area contributed by atoms with E-state index in [9.17, 15) is 5.11 Å². The van der Waals surface area contributed by atoms with Crippen molar-refractivity contribution in [3.05, 3.63) is 0 Å². The van der Waals surface area contributed by atoms with Gasteiger partial charge in [0.15, 0.2) is 0 Å². The van der Waals surface area contributed by atoms with Gasteiger partial charge in [0.2, 0.25) is 0 Å². The summed E-state index contributed by atoms with van der Waals surface area (Å²) in [5.41, 5.74) is -0.0863. The lowest BCUT2D eigenvalue weighted by Crippen LogP contribution is -2.49. The maximum absolute atomic E-state index is 9.61. The summed E-state index contributed by atoms with van der Waals surface area (Å²) in [4.78, 5) is 0. The van der Waals surface area contributed by atoms with E-state index >= 15 is 0 Å². The summed E-state index contributed by atoms with van der Waals surface area (Å²) in [5.74, 6) is 0. The second-order valence-electron chi connectivity index (χ2n) is 5.27. The number of ether oxygens (including phenoxy) is 2. The molecule has 0 bridgehead atoms. The summed E-state index contributed by atoms with van der Waals surface area (Å²) in [6, 6.07) is 0.639. The third-order valence-electron chi connectivity index (χ3n) is 3.65. The zero-order chi connectivity index (χ0) is 13.3. The first kappa shape index (κ1) is 15.9. The van der Waals surface area contributed by atoms with E-state index in [2.05, 4.69) is 12.2 Å². The Kier molecular flexibility index (Phi) is 7.82. The molecule has 1 saturated carbocycles. The molecule has 1 aliphatic rings. The van der Waals surface area contributed by atoms with Gasteiger partial charge in [0, 0.05) is 38.5 Å². The Balaban J connectivity index is 2.09. The van der Waals surface area contributed by atoms with Gasteiger partial charge in [0.05, 0.1) is 6.61 Å². The third kappa shape index (κ3) is 6.14. The van der Waals surface area contributed by atoms with Crippen LogP contribution in [0.5, 0.6) is 0 Å². The van der Waals surface area contributed by atoms with Crippen LogP contribution in [-0.2, 0) is 9.47 Å². The first-order chi connectivity index (χ1) is 8.76. The molecule has 1 unspecified atom stereocenters. The van der Waals surface area contributed by atoms with Gasteiger partial charge in [0.1, 0.15) is 0 Å². The second-order valence-corrected chi connectivity index (χ2v) is 5.27. The molecule has 4 heteroatoms. The van der Waals surface area contributed by atoms with Crippen molar-refractivity contribution in [2.24, 2.45) is 0 Å². The van der Waals surface area contributed by atoms with Crippen LogP contribution in [-0.4, -0.2) is 50.2 Å². The van der Waals surface area contributed by atoms with Crippen molar-refractivity contribution in [2.45, 2.75) is 57.0 Å². The predicted molar refractivity (Wildman–Crippen MR) is 72.8 cm³/mol. The smallest absolute Gasteiger partial charge is 0.0613 e. The average molecular weight is 259 g/mol. The SMILES string of the molecule is CCC(CO)(CCCOCCCOC)NC1CC1. The van der Waals surface area contributed by atoms with Crippen molar-refractivity contribution in [3.63, 3.8) is 0 Å². The van der Waals surface area contributed by atoms with Gasteiger partial charge in [-0.2, -0.15) is 0 Å². The van der Waals surface area contributed by atoms with E-state index in [4.69, 9.17) is 9.47 Å². The minimum Gasteiger partial charge on any atom is -0.394 e. The molecule has 0 heterocycles. The number of rotatable bonds is 12. The van der Waals surface area contributed by atoms with Crippen molar-refractivity contribution >= 4 is 0 Å². The molecule has 0 spiro atoms. The molecule has 4 nitrogen and oxygen atoms in total. The first-order valence-electron chi connectivity index (χ1n) is 7.21. The van der Waals surface area contributed by atoms with Gasteiger partial charge in [-0.25, -0.2) is 0 Å². The molecular formula is C14H29NO3. The van der Waals surface area contributed by atoms with Gasteiger partial charge in [-0.1, -0.05) is 6.92 Å². The lowest BCUT2D eigenvalue weighted by Gasteiger charge is -2.32. The van der Waals surface area contributed by atoms with E-state index in [1.165, 1.54) is 12.8 Å². The van der Waals surface area contributed by atoms with Gasteiger partial charge in [-0.05, 0) is 38.5 Å². The molecule has 1 atom stereocenters. The molecule has 0 radical (unpaired) electrons. The fraction of sp³-hybridized carbons (Fsp3) is 1.00. The van der Waals surface area contributed by atoms with E-state index in [1.54, 1.807) is 7.11 Å². The topological polar surface area (TPSA) is 50.7 Å². The van der Waals surface area contributed by atoms with Crippen LogP contribution in [0.15, 0.2) is 0 Å². The number of nitrogens with one attached hydrogen (secondary N) is 1. The Hall–Kier alpha value is -0.160. The Bertz CT molecular complexity index is 203. The highest BCUT2D eigenvalue weighted by molar-refractivity contribution is 4.94. The van der Waals surface area contributed by atoms with Crippen LogP contribution < -0.4 is 5.32 Å². The lowest BCUT2D eigenvalue weighted by atomic mass is 9.91. The molecule has 0 aliphatic heterocycles. The quantitative estimate of drug-likeness (QED) is 0.524. The molecular weight excluding hydrogens is 230 g/mol. The number of methoxy groups -OCH3 is 1. The average Bonchev–Trinajstić information content (AvgIpc) is 3.20. The van der Waals surface area contributed by atoms with Crippen LogP contribution in [0.3, 0.4) is 0 Å². The normalized spacial score (nSPS) is 18.8. The zero-order valence-electron chi connectivity index (χ0n) is 11.9. The summed E-state index contributed by atoms with van der Waals surface area (Å²) in [6.07, 6.45) is 6.44. The Labute approximate surface area is 111 Å². The molecule has 2 N–H and O–H groups in total. The number of hydrogen-bond acceptors (Lipinski definition) is 4. The van der Waals surface area contributed by atoms with Gasteiger partial charge >= 0.3 is 0 Å². The van der Waals surface area contributed by atoms with Crippen LogP contribution >= 0.6 is 0 Å². The highest BCUT2D eigenvalue weighted by Crippen LogP contribution is 2.26. The largest absolute Gasteiger partial charge is 0.394 e. The van der Waals surface area contributed by atoms with Crippen LogP contribution in [0.4, 0.5) is 0 Å². The maximum atomic E-state index is 9.61. The molecule has 1 rings (SSSR count). The van der Waals surface area contributed by atoms with Gasteiger partial charge in [-0.15, -0.1) is 0 Å². The third-order valence-corrected chi connectivity index (χ3v) is 3.65. The van der Waals surface area contributed by atoms with E-state index in [-0.39, 0.29) is 12.1 Å². The molecule has 0 aromatic heterocycles. The van der Waals surface area contributed by atoms with Crippen molar-refractivity contribution in [1.29, 1.82) is 0 Å². The lowest BCUT2D eigenvalue weighted by molar-refractivity contribution is 0.0859. The standard InChI is InChI=1S/C14H29NO3/c1-3-14(12-16,15-13-6-7-13)8-4-10-18-11-5-9-17-2/h13,15-16H,3-12H2,1-2H3. The van der Waals surface area contributed by atoms with Crippen LogP contribution in [0.2, 0.25) is 0 Å². The molecule has 18 heavy (non-hydrogen) atoms. The van der Waals surface area contributed by atoms with Crippen LogP contribution in [0.25, 0.3) is 0 Å². The summed E-state index contributed by atoms with van der Waals surface area (Å²) < 4.78 is 10.5. The molecule has 0 aromatic rings. The minimum atomic E-state index is -0.0863. The Morgan fingerprint density at radius 1 is 1.22 bits per heavy atom. The van der Waals surface area contributed by atoms with Crippen molar-refractivity contribution < 1.29 is 14.6 Å². The maximum Gasteiger partial charge on any atom is 0.0613 e. The van der Waals surface area contributed by atoms with E-state index in [0.717, 1.165) is 45.5 Å². The molecule has 108 valence electrons. The van der Waals surface area contributed by atoms with Crippen LogP contribution in [0, 0.1) is 0 Å². The van der Waals surface area contributed by atoms with E-state index in [0.29, 0.717) is 6.04 Å². The van der Waals surface area contributed by atoms with Crippen molar-refractivity contribution in [2.75, 3.05) is 33.5 Å². The number of aliphatic hydroxyl groups excluding tert-OH is 1. The van der Waals surface area contributed by atoms with Crippen molar-refractivity contribution in [1.82, 2.24) is 5.32 Å². The van der Waals surface area contributed by atoms with Crippen molar-refractivity contribution in [3.8, 4) is 0 Å². The monoisotopic (exact) mass is 259 g/mol. The van der Waals surface area contributed by atoms with Gasteiger partial charge < -0.3 is 19.9 Å². The molecule has 0 amide bonds. The molecule has 1 aliphatic carbocycles. The summed E-state index contributed by atoms with van der Waals surface area (Å²) in [7, 11) is 1.71. The molecule has 1 fully saturated rings. The predicted octanol–water partition coefficient (Wildman–Crippen LogP) is 1.71. The van der Waals surface area contributed by atoms with Gasteiger partial charge in [0.25, 0.3) is 0 Å². The zero-order valence-corrected chi connectivity index (χ0v) is 11.9. The Morgan fingerprint density at radius 3 is 2.50 bits per heavy atom. The Morgan fingerprint density at radius 2 is 1.94 bits per heavy atom. The second kappa shape index (κ2) is 8.86. The fourth-order valence-electron chi connectivity index (χ4n) is 2.17. The van der Waals surface area contributed by atoms with E-state index in [1.807, 2.05) is 0 Å². The summed E-state index contributed by atoms with van der Waals surface area (Å²) in [6.45, 7) is 4.67. The summed E-state index contributed by atoms with van der Waals surface area (Å²) >= 11 is 0. The fourth-order valence-corrected chi connectivity index (χ4v) is 2.17. The molecule has 0 saturated heterocycles.